The SMILES string of the molecule is CCC1C(O)CC(OCOC)C1COCOC. The molecule has 0 aromatic rings. The highest BCUT2D eigenvalue weighted by Crippen LogP contribution is 2.36. The van der Waals surface area contributed by atoms with Crippen LogP contribution < -0.4 is 0 Å². The fraction of sp³-hybridized carbons (Fsp3) is 1.00. The highest BCUT2D eigenvalue weighted by atomic mass is 16.7. The molecule has 1 aliphatic carbocycles. The summed E-state index contributed by atoms with van der Waals surface area (Å²) in [5.41, 5.74) is 0. The molecule has 0 radical (unpaired) electrons. The van der Waals surface area contributed by atoms with Gasteiger partial charge in [0.15, 0.2) is 0 Å². The number of methoxy groups -OCH3 is 2. The molecular formula is C12H24O5. The van der Waals surface area contributed by atoms with E-state index in [0.29, 0.717) is 13.0 Å². The van der Waals surface area contributed by atoms with Crippen molar-refractivity contribution in [1.82, 2.24) is 0 Å². The van der Waals surface area contributed by atoms with Crippen molar-refractivity contribution >= 4 is 0 Å². The summed E-state index contributed by atoms with van der Waals surface area (Å²) in [6, 6.07) is 0. The predicted octanol–water partition coefficient (Wildman–Crippen LogP) is 1.00. The van der Waals surface area contributed by atoms with E-state index in [0.717, 1.165) is 6.42 Å². The van der Waals surface area contributed by atoms with Crippen LogP contribution in [0.2, 0.25) is 0 Å². The Kier molecular flexibility index (Phi) is 6.99. The maximum atomic E-state index is 9.98. The van der Waals surface area contributed by atoms with Gasteiger partial charge in [0.05, 0.1) is 18.8 Å². The number of rotatable bonds is 8. The standard InChI is InChI=1S/C12H24O5/c1-4-9-10(6-16-7-14-2)12(5-11(9)13)17-8-15-3/h9-13H,4-8H2,1-3H3. The molecule has 5 heteroatoms. The van der Waals surface area contributed by atoms with E-state index in [1.807, 2.05) is 0 Å². The zero-order valence-electron chi connectivity index (χ0n) is 10.9. The van der Waals surface area contributed by atoms with Crippen LogP contribution >= 0.6 is 0 Å². The molecule has 0 spiro atoms. The first-order valence-electron chi connectivity index (χ1n) is 6.09. The summed E-state index contributed by atoms with van der Waals surface area (Å²) < 4.78 is 20.8. The molecule has 5 nitrogen and oxygen atoms in total. The van der Waals surface area contributed by atoms with Crippen molar-refractivity contribution < 1.29 is 24.1 Å². The van der Waals surface area contributed by atoms with Gasteiger partial charge >= 0.3 is 0 Å². The van der Waals surface area contributed by atoms with Crippen LogP contribution in [0.25, 0.3) is 0 Å². The molecule has 4 atom stereocenters. The van der Waals surface area contributed by atoms with Gasteiger partial charge in [-0.05, 0) is 5.92 Å². The fourth-order valence-electron chi connectivity index (χ4n) is 2.57. The molecule has 1 N–H and O–H groups in total. The van der Waals surface area contributed by atoms with Gasteiger partial charge in [0, 0.05) is 26.6 Å². The molecule has 1 saturated carbocycles. The van der Waals surface area contributed by atoms with Crippen molar-refractivity contribution in [2.75, 3.05) is 34.4 Å². The quantitative estimate of drug-likeness (QED) is 0.513. The lowest BCUT2D eigenvalue weighted by molar-refractivity contribution is -0.111. The highest BCUT2D eigenvalue weighted by molar-refractivity contribution is 4.91. The Morgan fingerprint density at radius 1 is 1.12 bits per heavy atom. The van der Waals surface area contributed by atoms with Gasteiger partial charge < -0.3 is 24.1 Å². The number of aliphatic hydroxyl groups excluding tert-OH is 1. The van der Waals surface area contributed by atoms with Gasteiger partial charge in [0.2, 0.25) is 0 Å². The topological polar surface area (TPSA) is 57.2 Å². The maximum Gasteiger partial charge on any atom is 0.146 e. The molecule has 1 aliphatic rings. The van der Waals surface area contributed by atoms with Crippen molar-refractivity contribution in [3.63, 3.8) is 0 Å². The summed E-state index contributed by atoms with van der Waals surface area (Å²) in [6.45, 7) is 3.17. The van der Waals surface area contributed by atoms with E-state index >= 15 is 0 Å². The van der Waals surface area contributed by atoms with Crippen LogP contribution in [-0.2, 0) is 18.9 Å². The molecule has 1 fully saturated rings. The summed E-state index contributed by atoms with van der Waals surface area (Å²) in [6.07, 6.45) is 1.28. The summed E-state index contributed by atoms with van der Waals surface area (Å²) in [4.78, 5) is 0. The first kappa shape index (κ1) is 14.9. The molecule has 1 rings (SSSR count). The maximum absolute atomic E-state index is 9.98. The smallest absolute Gasteiger partial charge is 0.146 e. The van der Waals surface area contributed by atoms with E-state index in [1.54, 1.807) is 14.2 Å². The van der Waals surface area contributed by atoms with Crippen molar-refractivity contribution in [2.45, 2.75) is 32.0 Å². The molecule has 0 aromatic heterocycles. The average molecular weight is 248 g/mol. The van der Waals surface area contributed by atoms with E-state index in [2.05, 4.69) is 6.92 Å². The average Bonchev–Trinajstić information content (AvgIpc) is 2.63. The van der Waals surface area contributed by atoms with Crippen LogP contribution in [0.4, 0.5) is 0 Å². The second kappa shape index (κ2) is 8.00. The van der Waals surface area contributed by atoms with Gasteiger partial charge in [-0.15, -0.1) is 0 Å². The Balaban J connectivity index is 2.49. The number of aliphatic hydroxyl groups is 1. The summed E-state index contributed by atoms with van der Waals surface area (Å²) in [5, 5.41) is 9.98. The van der Waals surface area contributed by atoms with E-state index in [-0.39, 0.29) is 37.6 Å². The minimum Gasteiger partial charge on any atom is -0.393 e. The monoisotopic (exact) mass is 248 g/mol. The van der Waals surface area contributed by atoms with Gasteiger partial charge in [-0.2, -0.15) is 0 Å². The lowest BCUT2D eigenvalue weighted by atomic mass is 9.92. The molecular weight excluding hydrogens is 224 g/mol. The molecule has 0 aliphatic heterocycles. The van der Waals surface area contributed by atoms with Gasteiger partial charge in [0.1, 0.15) is 13.6 Å². The second-order valence-corrected chi connectivity index (χ2v) is 4.43. The summed E-state index contributed by atoms with van der Waals surface area (Å²) >= 11 is 0. The van der Waals surface area contributed by atoms with Crippen LogP contribution in [0, 0.1) is 11.8 Å². The Labute approximate surface area is 103 Å². The predicted molar refractivity (Wildman–Crippen MR) is 62.5 cm³/mol. The molecule has 0 saturated heterocycles. The van der Waals surface area contributed by atoms with Crippen molar-refractivity contribution in [2.24, 2.45) is 11.8 Å². The molecule has 4 unspecified atom stereocenters. The first-order chi connectivity index (χ1) is 8.24. The van der Waals surface area contributed by atoms with Crippen molar-refractivity contribution in [1.29, 1.82) is 0 Å². The third-order valence-corrected chi connectivity index (χ3v) is 3.38. The van der Waals surface area contributed by atoms with Gasteiger partial charge in [-0.3, -0.25) is 0 Å². The van der Waals surface area contributed by atoms with Crippen LogP contribution in [0.1, 0.15) is 19.8 Å². The zero-order valence-corrected chi connectivity index (χ0v) is 10.9. The largest absolute Gasteiger partial charge is 0.393 e. The first-order valence-corrected chi connectivity index (χ1v) is 6.09. The van der Waals surface area contributed by atoms with Crippen molar-refractivity contribution in [3.8, 4) is 0 Å². The Bertz CT molecular complexity index is 199. The van der Waals surface area contributed by atoms with Crippen LogP contribution in [0.15, 0.2) is 0 Å². The van der Waals surface area contributed by atoms with E-state index in [1.165, 1.54) is 0 Å². The van der Waals surface area contributed by atoms with Crippen molar-refractivity contribution in [3.05, 3.63) is 0 Å². The van der Waals surface area contributed by atoms with Crippen LogP contribution in [-0.4, -0.2) is 51.7 Å². The lowest BCUT2D eigenvalue weighted by Gasteiger charge is -2.24. The van der Waals surface area contributed by atoms with Gasteiger partial charge in [0.25, 0.3) is 0 Å². The Morgan fingerprint density at radius 2 is 1.82 bits per heavy atom. The molecule has 102 valence electrons. The normalized spacial score (nSPS) is 33.2. The van der Waals surface area contributed by atoms with Gasteiger partial charge in [-0.1, -0.05) is 13.3 Å². The molecule has 0 aromatic carbocycles. The van der Waals surface area contributed by atoms with E-state index in [4.69, 9.17) is 18.9 Å². The van der Waals surface area contributed by atoms with E-state index < -0.39 is 0 Å². The molecule has 17 heavy (non-hydrogen) atoms. The van der Waals surface area contributed by atoms with E-state index in [9.17, 15) is 5.11 Å². The third-order valence-electron chi connectivity index (χ3n) is 3.38. The number of hydrogen-bond donors (Lipinski definition) is 1. The second-order valence-electron chi connectivity index (χ2n) is 4.43. The molecule has 0 bridgehead atoms. The Hall–Kier alpha value is -0.200. The third kappa shape index (κ3) is 4.19. The summed E-state index contributed by atoms with van der Waals surface area (Å²) in [5.74, 6) is 0.439. The molecule has 0 heterocycles. The minimum atomic E-state index is -0.307. The fourth-order valence-corrected chi connectivity index (χ4v) is 2.57. The molecule has 0 amide bonds. The van der Waals surface area contributed by atoms with Crippen LogP contribution in [0.3, 0.4) is 0 Å². The summed E-state index contributed by atoms with van der Waals surface area (Å²) in [7, 11) is 3.19. The van der Waals surface area contributed by atoms with Gasteiger partial charge in [-0.25, -0.2) is 0 Å². The minimum absolute atomic E-state index is 0.00626. The zero-order chi connectivity index (χ0) is 12.7. The van der Waals surface area contributed by atoms with Crippen LogP contribution in [0.5, 0.6) is 0 Å². The number of hydrogen-bond acceptors (Lipinski definition) is 5. The lowest BCUT2D eigenvalue weighted by Crippen LogP contribution is -2.28. The Morgan fingerprint density at radius 3 is 2.41 bits per heavy atom. The highest BCUT2D eigenvalue weighted by Gasteiger charge is 2.42. The number of ether oxygens (including phenoxy) is 4.